The third-order valence-corrected chi connectivity index (χ3v) is 5.94. The lowest BCUT2D eigenvalue weighted by atomic mass is 10.0. The molecule has 0 fully saturated rings. The maximum Gasteiger partial charge on any atom is 0.261 e. The molecular weight excluding hydrogens is 432 g/mol. The number of amides is 1. The number of hydrogen-bond donors (Lipinski definition) is 1. The van der Waals surface area contributed by atoms with E-state index >= 15 is 0 Å². The van der Waals surface area contributed by atoms with E-state index in [0.717, 1.165) is 27.9 Å². The summed E-state index contributed by atoms with van der Waals surface area (Å²) in [7, 11) is 0. The number of carbonyl (C=O) groups is 1. The average Bonchev–Trinajstić information content (AvgIpc) is 2.78. The second-order valence-corrected chi connectivity index (χ2v) is 8.66. The molecule has 1 heterocycles. The van der Waals surface area contributed by atoms with Crippen LogP contribution in [0.25, 0.3) is 11.3 Å². The normalized spacial score (nSPS) is 10.8. The number of para-hydroxylation sites is 1. The van der Waals surface area contributed by atoms with Crippen LogP contribution in [0.5, 0.6) is 0 Å². The number of rotatable bonds is 5. The second-order valence-electron chi connectivity index (χ2n) is 8.22. The molecule has 5 heteroatoms. The number of hydrogen-bond acceptors (Lipinski definition) is 2. The fraction of sp³-hybridized carbons (Fsp3) is 0.143. The lowest BCUT2D eigenvalue weighted by Crippen LogP contribution is -2.27. The fourth-order valence-electron chi connectivity index (χ4n) is 3.95. The fourth-order valence-corrected chi connectivity index (χ4v) is 4.08. The molecule has 1 amide bonds. The molecule has 0 bridgehead atoms. The molecule has 0 unspecified atom stereocenters. The van der Waals surface area contributed by atoms with Crippen molar-refractivity contribution in [1.82, 2.24) is 4.57 Å². The Balaban J connectivity index is 1.91. The quantitative estimate of drug-likeness (QED) is 0.378. The zero-order chi connectivity index (χ0) is 23.5. The van der Waals surface area contributed by atoms with Crippen LogP contribution in [-0.2, 0) is 6.54 Å². The van der Waals surface area contributed by atoms with Crippen molar-refractivity contribution in [2.45, 2.75) is 27.3 Å². The van der Waals surface area contributed by atoms with Gasteiger partial charge in [0.2, 0.25) is 0 Å². The van der Waals surface area contributed by atoms with E-state index in [4.69, 9.17) is 11.6 Å². The van der Waals surface area contributed by atoms with E-state index in [-0.39, 0.29) is 11.0 Å². The Bertz CT molecular complexity index is 1390. The Morgan fingerprint density at radius 2 is 1.64 bits per heavy atom. The molecule has 0 spiro atoms. The molecule has 4 aromatic rings. The van der Waals surface area contributed by atoms with E-state index < -0.39 is 5.91 Å². The van der Waals surface area contributed by atoms with Crippen LogP contribution < -0.4 is 10.7 Å². The molecular formula is C28H25ClN2O2. The molecule has 1 aromatic heterocycles. The topological polar surface area (TPSA) is 51.1 Å². The average molecular weight is 457 g/mol. The zero-order valence-electron chi connectivity index (χ0n) is 18.9. The smallest absolute Gasteiger partial charge is 0.261 e. The van der Waals surface area contributed by atoms with Crippen molar-refractivity contribution in [3.63, 3.8) is 0 Å². The van der Waals surface area contributed by atoms with Gasteiger partial charge in [0.15, 0.2) is 5.43 Å². The van der Waals surface area contributed by atoms with Crippen molar-refractivity contribution < 1.29 is 4.79 Å². The minimum atomic E-state index is -0.421. The van der Waals surface area contributed by atoms with Crippen LogP contribution in [0.2, 0.25) is 5.02 Å². The van der Waals surface area contributed by atoms with Gasteiger partial charge in [-0.25, -0.2) is 0 Å². The number of nitrogens with zero attached hydrogens (tertiary/aromatic N) is 1. The zero-order valence-corrected chi connectivity index (χ0v) is 19.6. The summed E-state index contributed by atoms with van der Waals surface area (Å²) in [5, 5.41) is 3.60. The number of aromatic nitrogens is 1. The van der Waals surface area contributed by atoms with Crippen LogP contribution >= 0.6 is 11.6 Å². The van der Waals surface area contributed by atoms with Gasteiger partial charge in [0.05, 0.1) is 5.69 Å². The third-order valence-electron chi connectivity index (χ3n) is 5.68. The highest BCUT2D eigenvalue weighted by Gasteiger charge is 2.22. The molecule has 1 N–H and O–H groups in total. The highest BCUT2D eigenvalue weighted by atomic mass is 35.5. The summed E-state index contributed by atoms with van der Waals surface area (Å²) in [6.45, 7) is 6.30. The number of benzene rings is 3. The van der Waals surface area contributed by atoms with Gasteiger partial charge in [-0.1, -0.05) is 65.7 Å². The monoisotopic (exact) mass is 456 g/mol. The predicted octanol–water partition coefficient (Wildman–Crippen LogP) is 6.39. The van der Waals surface area contributed by atoms with E-state index in [1.165, 1.54) is 6.07 Å². The first-order valence-electron chi connectivity index (χ1n) is 10.8. The molecule has 0 aliphatic heterocycles. The van der Waals surface area contributed by atoms with E-state index in [1.54, 1.807) is 0 Å². The summed E-state index contributed by atoms with van der Waals surface area (Å²) >= 11 is 6.07. The molecule has 4 rings (SSSR count). The van der Waals surface area contributed by atoms with E-state index in [9.17, 15) is 9.59 Å². The van der Waals surface area contributed by atoms with Crippen molar-refractivity contribution in [3.05, 3.63) is 122 Å². The van der Waals surface area contributed by atoms with Crippen molar-refractivity contribution in [2.24, 2.45) is 0 Å². The van der Waals surface area contributed by atoms with E-state index in [0.29, 0.717) is 22.9 Å². The van der Waals surface area contributed by atoms with Gasteiger partial charge in [-0.3, -0.25) is 9.59 Å². The van der Waals surface area contributed by atoms with Crippen LogP contribution in [0.4, 0.5) is 5.69 Å². The van der Waals surface area contributed by atoms with Gasteiger partial charge >= 0.3 is 0 Å². The lowest BCUT2D eigenvalue weighted by Gasteiger charge is -2.21. The van der Waals surface area contributed by atoms with Crippen LogP contribution in [0.15, 0.2) is 83.7 Å². The third kappa shape index (κ3) is 4.91. The molecule has 0 saturated carbocycles. The summed E-state index contributed by atoms with van der Waals surface area (Å²) in [6.07, 6.45) is 0. The molecule has 4 nitrogen and oxygen atoms in total. The number of carbonyl (C=O) groups excluding carboxylic acids is 1. The van der Waals surface area contributed by atoms with Gasteiger partial charge in [-0.15, -0.1) is 0 Å². The first-order valence-corrected chi connectivity index (χ1v) is 11.1. The van der Waals surface area contributed by atoms with Crippen molar-refractivity contribution in [3.8, 4) is 11.3 Å². The molecule has 0 radical (unpaired) electrons. The van der Waals surface area contributed by atoms with Gasteiger partial charge in [-0.2, -0.15) is 0 Å². The first-order chi connectivity index (χ1) is 15.8. The van der Waals surface area contributed by atoms with E-state index in [1.807, 2.05) is 98.1 Å². The highest BCUT2D eigenvalue weighted by molar-refractivity contribution is 6.30. The van der Waals surface area contributed by atoms with Crippen LogP contribution in [0, 0.1) is 20.8 Å². The number of halogens is 1. The number of anilines is 1. The van der Waals surface area contributed by atoms with Crippen LogP contribution in [0.1, 0.15) is 32.7 Å². The van der Waals surface area contributed by atoms with Gasteiger partial charge < -0.3 is 9.88 Å². The minimum absolute atomic E-state index is 0.128. The predicted molar refractivity (Wildman–Crippen MR) is 135 cm³/mol. The summed E-state index contributed by atoms with van der Waals surface area (Å²) < 4.78 is 2.02. The second kappa shape index (κ2) is 9.47. The van der Waals surface area contributed by atoms with Crippen molar-refractivity contribution >= 4 is 23.2 Å². The summed E-state index contributed by atoms with van der Waals surface area (Å²) in [4.78, 5) is 26.7. The van der Waals surface area contributed by atoms with Gasteiger partial charge in [0.1, 0.15) is 5.56 Å². The van der Waals surface area contributed by atoms with Gasteiger partial charge in [0.25, 0.3) is 5.91 Å². The van der Waals surface area contributed by atoms with Crippen LogP contribution in [0.3, 0.4) is 0 Å². The summed E-state index contributed by atoms with van der Waals surface area (Å²) in [5.74, 6) is -0.421. The molecule has 0 saturated heterocycles. The lowest BCUT2D eigenvalue weighted by molar-refractivity contribution is 0.102. The number of aryl methyl sites for hydroxylation is 3. The molecule has 0 aliphatic carbocycles. The Morgan fingerprint density at radius 3 is 2.33 bits per heavy atom. The van der Waals surface area contributed by atoms with Crippen LogP contribution in [-0.4, -0.2) is 10.5 Å². The largest absolute Gasteiger partial charge is 0.340 e. The van der Waals surface area contributed by atoms with Gasteiger partial charge in [-0.05, 0) is 61.7 Å². The Kier molecular flexibility index (Phi) is 6.47. The van der Waals surface area contributed by atoms with E-state index in [2.05, 4.69) is 5.32 Å². The SMILES string of the molecule is Cc1cccc(-c2c(C(=O)Nc3ccccc3C)c(=O)cc(C)n2Cc2ccc(Cl)cc2)c1. The standard InChI is InChI=1S/C28H25ClN2O2/c1-18-7-6-9-22(15-18)27-26(28(33)30-24-10-5-4-8-19(24)2)25(32)16-20(3)31(27)17-21-11-13-23(29)14-12-21/h4-16H,17H2,1-3H3,(H,30,33). The number of pyridine rings is 1. The molecule has 166 valence electrons. The summed E-state index contributed by atoms with van der Waals surface area (Å²) in [5.41, 5.74) is 5.70. The first kappa shape index (κ1) is 22.6. The number of nitrogens with one attached hydrogen (secondary N) is 1. The van der Waals surface area contributed by atoms with Crippen molar-refractivity contribution in [1.29, 1.82) is 0 Å². The van der Waals surface area contributed by atoms with Gasteiger partial charge in [0, 0.05) is 29.0 Å². The molecule has 33 heavy (non-hydrogen) atoms. The molecule has 3 aromatic carbocycles. The highest BCUT2D eigenvalue weighted by Crippen LogP contribution is 2.27. The maximum atomic E-state index is 13.5. The Morgan fingerprint density at radius 1 is 0.909 bits per heavy atom. The molecule has 0 aliphatic rings. The van der Waals surface area contributed by atoms with Crippen molar-refractivity contribution in [2.75, 3.05) is 5.32 Å². The Labute approximate surface area is 198 Å². The molecule has 0 atom stereocenters. The summed E-state index contributed by atoms with van der Waals surface area (Å²) in [6, 6.07) is 24.5. The maximum absolute atomic E-state index is 13.5. The minimum Gasteiger partial charge on any atom is -0.340 e. The Hall–Kier alpha value is -3.63.